The van der Waals surface area contributed by atoms with E-state index in [-0.39, 0.29) is 0 Å². The van der Waals surface area contributed by atoms with Crippen LogP contribution in [0.2, 0.25) is 0 Å². The van der Waals surface area contributed by atoms with Gasteiger partial charge in [0.2, 0.25) is 5.95 Å². The van der Waals surface area contributed by atoms with E-state index in [4.69, 9.17) is 14.4 Å². The van der Waals surface area contributed by atoms with Gasteiger partial charge in [0, 0.05) is 52.7 Å². The van der Waals surface area contributed by atoms with E-state index in [9.17, 15) is 0 Å². The standard InChI is InChI=1S/C42H23N3OS/c1-2-10-26-24(9-1)17-21-35-38(26)30-23-25(18-20-34(30)46-35)41-27-11-3-6-14-31(27)43-42(44-41)45-32-15-7-4-12-28(32)39-33(45)19-22-37-40(39)29-13-5-8-16-36(29)47-37/h1-23H. The first-order chi connectivity index (χ1) is 23.3. The van der Waals surface area contributed by atoms with Gasteiger partial charge in [-0.25, -0.2) is 9.97 Å². The molecular weight excluding hydrogens is 595 g/mol. The molecule has 5 heteroatoms. The predicted octanol–water partition coefficient (Wildman–Crippen LogP) is 11.8. The quantitative estimate of drug-likeness (QED) is 0.194. The topological polar surface area (TPSA) is 43.9 Å². The summed E-state index contributed by atoms with van der Waals surface area (Å²) in [6.07, 6.45) is 0. The maximum atomic E-state index is 6.34. The highest BCUT2D eigenvalue weighted by Gasteiger charge is 2.21. The third-order valence-corrected chi connectivity index (χ3v) is 10.7. The highest BCUT2D eigenvalue weighted by atomic mass is 32.1. The lowest BCUT2D eigenvalue weighted by molar-refractivity contribution is 0.669. The Hall–Kier alpha value is -6.04. The lowest BCUT2D eigenvalue weighted by atomic mass is 10.0. The van der Waals surface area contributed by atoms with Gasteiger partial charge in [-0.05, 0) is 65.4 Å². The Balaban J connectivity index is 1.23. The molecule has 7 aromatic carbocycles. The predicted molar refractivity (Wildman–Crippen MR) is 197 cm³/mol. The molecule has 4 nitrogen and oxygen atoms in total. The Bertz CT molecular complexity index is 3090. The van der Waals surface area contributed by atoms with Crippen molar-refractivity contribution in [2.45, 2.75) is 0 Å². The minimum Gasteiger partial charge on any atom is -0.456 e. The summed E-state index contributed by atoms with van der Waals surface area (Å²) in [4.78, 5) is 10.6. The van der Waals surface area contributed by atoms with Crippen LogP contribution in [-0.4, -0.2) is 14.5 Å². The van der Waals surface area contributed by atoms with Crippen LogP contribution in [0.1, 0.15) is 0 Å². The van der Waals surface area contributed by atoms with E-state index in [0.717, 1.165) is 55.1 Å². The van der Waals surface area contributed by atoms with Crippen molar-refractivity contribution < 1.29 is 4.42 Å². The third-order valence-electron chi connectivity index (χ3n) is 9.60. The van der Waals surface area contributed by atoms with Crippen molar-refractivity contribution in [1.29, 1.82) is 0 Å². The number of hydrogen-bond donors (Lipinski definition) is 0. The molecule has 0 saturated carbocycles. The van der Waals surface area contributed by atoms with Gasteiger partial charge in [-0.3, -0.25) is 4.57 Å². The molecule has 47 heavy (non-hydrogen) atoms. The Kier molecular flexibility index (Phi) is 4.96. The second-order valence-electron chi connectivity index (χ2n) is 12.1. The minimum atomic E-state index is 0.659. The van der Waals surface area contributed by atoms with E-state index in [1.807, 2.05) is 11.3 Å². The average molecular weight is 618 g/mol. The van der Waals surface area contributed by atoms with Crippen LogP contribution in [0, 0.1) is 0 Å². The number of nitrogens with zero attached hydrogens (tertiary/aromatic N) is 3. The summed E-state index contributed by atoms with van der Waals surface area (Å²) in [6.45, 7) is 0. The van der Waals surface area contributed by atoms with E-state index in [1.165, 1.54) is 41.7 Å². The molecule has 0 aliphatic carbocycles. The highest BCUT2D eigenvalue weighted by Crippen LogP contribution is 2.44. The van der Waals surface area contributed by atoms with Gasteiger partial charge in [-0.15, -0.1) is 11.3 Å². The maximum Gasteiger partial charge on any atom is 0.235 e. The molecule has 0 N–H and O–H groups in total. The minimum absolute atomic E-state index is 0.659. The second-order valence-corrected chi connectivity index (χ2v) is 13.2. The summed E-state index contributed by atoms with van der Waals surface area (Å²) in [5.74, 6) is 0.659. The lowest BCUT2D eigenvalue weighted by Gasteiger charge is -2.12. The molecule has 11 aromatic rings. The fraction of sp³-hybridized carbons (Fsp3) is 0. The van der Waals surface area contributed by atoms with Gasteiger partial charge in [0.15, 0.2) is 0 Å². The summed E-state index contributed by atoms with van der Waals surface area (Å²) >= 11 is 1.85. The molecule has 0 aliphatic heterocycles. The molecule has 0 aliphatic rings. The lowest BCUT2D eigenvalue weighted by Crippen LogP contribution is -2.03. The Morgan fingerprint density at radius 2 is 1.26 bits per heavy atom. The molecule has 11 rings (SSSR count). The smallest absolute Gasteiger partial charge is 0.235 e. The number of benzene rings is 7. The number of aromatic nitrogens is 3. The second kappa shape index (κ2) is 9.25. The van der Waals surface area contributed by atoms with Gasteiger partial charge >= 0.3 is 0 Å². The van der Waals surface area contributed by atoms with Crippen LogP contribution in [0.3, 0.4) is 0 Å². The van der Waals surface area contributed by atoms with Gasteiger partial charge in [0.05, 0.1) is 22.2 Å². The summed E-state index contributed by atoms with van der Waals surface area (Å²) < 4.78 is 11.2. The summed E-state index contributed by atoms with van der Waals surface area (Å²) in [7, 11) is 0. The molecule has 0 amide bonds. The third kappa shape index (κ3) is 3.46. The van der Waals surface area contributed by atoms with E-state index < -0.39 is 0 Å². The maximum absolute atomic E-state index is 6.34. The van der Waals surface area contributed by atoms with Crippen molar-refractivity contribution in [2.24, 2.45) is 0 Å². The number of furan rings is 1. The summed E-state index contributed by atoms with van der Waals surface area (Å²) in [5.41, 5.74) is 6.79. The zero-order chi connectivity index (χ0) is 30.6. The van der Waals surface area contributed by atoms with Crippen LogP contribution in [-0.2, 0) is 0 Å². The fourth-order valence-electron chi connectivity index (χ4n) is 7.57. The van der Waals surface area contributed by atoms with Crippen LogP contribution in [0.25, 0.3) is 103 Å². The van der Waals surface area contributed by atoms with Crippen molar-refractivity contribution >= 4 is 96.9 Å². The van der Waals surface area contributed by atoms with E-state index in [2.05, 4.69) is 144 Å². The summed E-state index contributed by atoms with van der Waals surface area (Å²) in [6, 6.07) is 49.3. The largest absolute Gasteiger partial charge is 0.456 e. The zero-order valence-electron chi connectivity index (χ0n) is 24.9. The van der Waals surface area contributed by atoms with Crippen molar-refractivity contribution in [3.05, 3.63) is 140 Å². The first kappa shape index (κ1) is 25.2. The monoisotopic (exact) mass is 617 g/mol. The van der Waals surface area contributed by atoms with Crippen molar-refractivity contribution in [1.82, 2.24) is 14.5 Å². The zero-order valence-corrected chi connectivity index (χ0v) is 25.8. The van der Waals surface area contributed by atoms with Crippen LogP contribution < -0.4 is 0 Å². The first-order valence-electron chi connectivity index (χ1n) is 15.8. The molecule has 0 spiro atoms. The van der Waals surface area contributed by atoms with Gasteiger partial charge < -0.3 is 4.42 Å². The molecule has 218 valence electrons. The average Bonchev–Trinajstić information content (AvgIpc) is 3.80. The highest BCUT2D eigenvalue weighted by molar-refractivity contribution is 7.26. The number of thiophene rings is 1. The van der Waals surface area contributed by atoms with Gasteiger partial charge in [-0.1, -0.05) is 84.9 Å². The Morgan fingerprint density at radius 1 is 0.489 bits per heavy atom. The SMILES string of the molecule is c1ccc2c(c1)ccc1oc3ccc(-c4nc(-n5c6ccccc6c6c7c(ccc65)sc5ccccc57)nc5ccccc45)cc3c12. The summed E-state index contributed by atoms with van der Waals surface area (Å²) in [5, 5.41) is 10.6. The molecule has 0 fully saturated rings. The molecule has 0 saturated heterocycles. The molecule has 0 radical (unpaired) electrons. The van der Waals surface area contributed by atoms with Crippen molar-refractivity contribution in [3.63, 3.8) is 0 Å². The van der Waals surface area contributed by atoms with Crippen LogP contribution in [0.4, 0.5) is 0 Å². The van der Waals surface area contributed by atoms with Crippen molar-refractivity contribution in [2.75, 3.05) is 0 Å². The molecule has 4 aromatic heterocycles. The van der Waals surface area contributed by atoms with Crippen molar-refractivity contribution in [3.8, 4) is 17.2 Å². The Labute approximate surface area is 271 Å². The number of para-hydroxylation sites is 2. The normalized spacial score (nSPS) is 12.3. The molecular formula is C42H23N3OS. The number of hydrogen-bond acceptors (Lipinski definition) is 4. The first-order valence-corrected chi connectivity index (χ1v) is 16.6. The van der Waals surface area contributed by atoms with Crippen LogP contribution in [0.5, 0.6) is 0 Å². The molecule has 0 bridgehead atoms. The number of rotatable bonds is 2. The molecule has 4 heterocycles. The van der Waals surface area contributed by atoms with Gasteiger partial charge in [0.25, 0.3) is 0 Å². The van der Waals surface area contributed by atoms with Crippen LogP contribution >= 0.6 is 11.3 Å². The Morgan fingerprint density at radius 3 is 2.19 bits per heavy atom. The van der Waals surface area contributed by atoms with Crippen LogP contribution in [0.15, 0.2) is 144 Å². The van der Waals surface area contributed by atoms with E-state index in [0.29, 0.717) is 5.95 Å². The number of fused-ring (bicyclic) bond motifs is 13. The van der Waals surface area contributed by atoms with E-state index >= 15 is 0 Å². The molecule has 0 atom stereocenters. The van der Waals surface area contributed by atoms with E-state index in [1.54, 1.807) is 0 Å². The fourth-order valence-corrected chi connectivity index (χ4v) is 8.68. The van der Waals surface area contributed by atoms with Gasteiger partial charge in [-0.2, -0.15) is 0 Å². The molecule has 0 unspecified atom stereocenters. The van der Waals surface area contributed by atoms with Gasteiger partial charge in [0.1, 0.15) is 11.2 Å².